The molecule has 0 spiro atoms. The summed E-state index contributed by atoms with van der Waals surface area (Å²) in [6.45, 7) is 5.93. The lowest BCUT2D eigenvalue weighted by molar-refractivity contribution is 0.383. The molecule has 1 nitrogen and oxygen atoms in total. The first-order valence-corrected chi connectivity index (χ1v) is 3.83. The van der Waals surface area contributed by atoms with Gasteiger partial charge in [0.05, 0.1) is 0 Å². The fraction of sp³-hybridized carbons (Fsp3) is 0.600. The molecule has 0 aromatic carbocycles. The molecular weight excluding hydrogens is 134 g/mol. The van der Waals surface area contributed by atoms with E-state index < -0.39 is 6.85 Å². The molecule has 0 N–H and O–H groups in total. The van der Waals surface area contributed by atoms with Gasteiger partial charge >= 0.3 is 0 Å². The van der Waals surface area contributed by atoms with Gasteiger partial charge in [0.25, 0.3) is 0 Å². The van der Waals surface area contributed by atoms with Crippen LogP contribution in [0.1, 0.15) is 36.3 Å². The van der Waals surface area contributed by atoms with Crippen LogP contribution in [0.2, 0.25) is 0 Å². The Bertz CT molecular complexity index is 328. The number of hydrogen-bond donors (Lipinski definition) is 0. The van der Waals surface area contributed by atoms with Gasteiger partial charge in [-0.25, -0.2) is 0 Å². The van der Waals surface area contributed by atoms with Crippen LogP contribution in [0.15, 0.2) is 12.1 Å². The van der Waals surface area contributed by atoms with Gasteiger partial charge in [0.15, 0.2) is 0 Å². The Morgan fingerprint density at radius 1 is 1.27 bits per heavy atom. The van der Waals surface area contributed by atoms with E-state index >= 15 is 0 Å². The molecule has 0 aliphatic carbocycles. The minimum absolute atomic E-state index is 0.183. The highest BCUT2D eigenvalue weighted by Gasteiger charge is 2.15. The zero-order chi connectivity index (χ0) is 11.1. The van der Waals surface area contributed by atoms with E-state index in [4.69, 9.17) is 4.11 Å². The molecule has 0 aliphatic rings. The third-order valence-corrected chi connectivity index (χ3v) is 1.75. The lowest BCUT2D eigenvalue weighted by atomic mass is 10.1. The topological polar surface area (TPSA) is 4.93 Å². The van der Waals surface area contributed by atoms with Crippen molar-refractivity contribution >= 4 is 0 Å². The van der Waals surface area contributed by atoms with Crippen molar-refractivity contribution in [2.45, 2.75) is 40.1 Å². The molecule has 0 fully saturated rings. The number of nitrogens with zero attached hydrogens (tertiary/aromatic N) is 1. The molecule has 62 valence electrons. The van der Waals surface area contributed by atoms with Crippen LogP contribution in [0.25, 0.3) is 0 Å². The second-order valence-corrected chi connectivity index (χ2v) is 3.87. The zero-order valence-corrected chi connectivity index (χ0v) is 7.60. The second kappa shape index (κ2) is 2.40. The van der Waals surface area contributed by atoms with Crippen molar-refractivity contribution < 1.29 is 4.11 Å². The number of aryl methyl sites for hydroxylation is 2. The van der Waals surface area contributed by atoms with Gasteiger partial charge in [0, 0.05) is 21.0 Å². The Balaban J connectivity index is 3.35. The maximum Gasteiger partial charge on any atom is 0.0360 e. The molecule has 0 saturated carbocycles. The van der Waals surface area contributed by atoms with Gasteiger partial charge in [-0.05, 0) is 46.7 Å². The molecule has 0 radical (unpaired) electrons. The van der Waals surface area contributed by atoms with Crippen molar-refractivity contribution in [1.29, 1.82) is 0 Å². The summed E-state index contributed by atoms with van der Waals surface area (Å²) in [5.41, 5.74) is 1.23. The molecule has 0 unspecified atom stereocenters. The number of rotatable bonds is 0. The lowest BCUT2D eigenvalue weighted by Gasteiger charge is -2.25. The van der Waals surface area contributed by atoms with Gasteiger partial charge in [-0.1, -0.05) is 0 Å². The molecule has 0 aliphatic heterocycles. The summed E-state index contributed by atoms with van der Waals surface area (Å²) in [7, 11) is 0. The molecule has 0 amide bonds. The molecule has 1 rings (SSSR count). The summed E-state index contributed by atoms with van der Waals surface area (Å²) in [6.07, 6.45) is 0. The van der Waals surface area contributed by atoms with E-state index in [0.29, 0.717) is 5.69 Å². The predicted octanol–water partition coefficient (Wildman–Crippen LogP) is 2.86. The van der Waals surface area contributed by atoms with Crippen LogP contribution >= 0.6 is 0 Å². The molecule has 1 aromatic heterocycles. The first-order chi connectivity index (χ1) is 6.14. The molecule has 0 atom stereocenters. The Kier molecular flexibility index (Phi) is 1.10. The van der Waals surface area contributed by atoms with Crippen LogP contribution in [-0.2, 0) is 5.54 Å². The number of aromatic nitrogens is 1. The largest absolute Gasteiger partial charge is 0.344 e. The summed E-state index contributed by atoms with van der Waals surface area (Å²) in [6, 6.07) is 3.54. The van der Waals surface area contributed by atoms with Gasteiger partial charge in [-0.3, -0.25) is 0 Å². The Hall–Kier alpha value is -0.720. The van der Waals surface area contributed by atoms with Crippen LogP contribution < -0.4 is 0 Å². The van der Waals surface area contributed by atoms with Crippen LogP contribution in [0, 0.1) is 13.8 Å². The van der Waals surface area contributed by atoms with Crippen molar-refractivity contribution in [2.75, 3.05) is 0 Å². The van der Waals surface area contributed by atoms with Gasteiger partial charge in [-0.2, -0.15) is 0 Å². The lowest BCUT2D eigenvalue weighted by Crippen LogP contribution is -2.23. The van der Waals surface area contributed by atoms with E-state index in [1.165, 1.54) is 0 Å². The van der Waals surface area contributed by atoms with Crippen molar-refractivity contribution in [3.05, 3.63) is 23.5 Å². The third kappa shape index (κ3) is 1.47. The summed E-state index contributed by atoms with van der Waals surface area (Å²) in [5, 5.41) is 0. The highest BCUT2D eigenvalue weighted by atomic mass is 15.1. The monoisotopic (exact) mass is 154 g/mol. The molecule has 1 aromatic rings. The maximum absolute atomic E-state index is 7.42. The summed E-state index contributed by atoms with van der Waals surface area (Å²) < 4.78 is 24.1. The van der Waals surface area contributed by atoms with E-state index in [-0.39, 0.29) is 5.54 Å². The van der Waals surface area contributed by atoms with Gasteiger partial charge in [0.2, 0.25) is 0 Å². The van der Waals surface area contributed by atoms with Crippen LogP contribution in [-0.4, -0.2) is 4.57 Å². The SMILES string of the molecule is [2H]C([2H])([2H])c1ccc(C)n1C(C)(C)C. The van der Waals surface area contributed by atoms with Crippen molar-refractivity contribution in [2.24, 2.45) is 0 Å². The summed E-state index contributed by atoms with van der Waals surface area (Å²) >= 11 is 0. The van der Waals surface area contributed by atoms with Crippen molar-refractivity contribution in [3.8, 4) is 0 Å². The van der Waals surface area contributed by atoms with Crippen LogP contribution in [0.3, 0.4) is 0 Å². The van der Waals surface area contributed by atoms with Crippen molar-refractivity contribution in [1.82, 2.24) is 4.57 Å². The average molecular weight is 154 g/mol. The molecular formula is C10H17N. The van der Waals surface area contributed by atoms with E-state index in [2.05, 4.69) is 0 Å². The third-order valence-electron chi connectivity index (χ3n) is 1.75. The minimum atomic E-state index is -2.03. The maximum atomic E-state index is 7.42. The van der Waals surface area contributed by atoms with Gasteiger partial charge in [-0.15, -0.1) is 0 Å². The fourth-order valence-electron chi connectivity index (χ4n) is 1.43. The molecule has 1 heterocycles. The molecule has 1 heteroatoms. The predicted molar refractivity (Wildman–Crippen MR) is 48.9 cm³/mol. The number of hydrogen-bond acceptors (Lipinski definition) is 0. The Morgan fingerprint density at radius 2 is 1.82 bits per heavy atom. The Labute approximate surface area is 73.3 Å². The molecule has 0 saturated heterocycles. The van der Waals surface area contributed by atoms with E-state index in [1.54, 1.807) is 6.07 Å². The van der Waals surface area contributed by atoms with E-state index in [1.807, 2.05) is 38.3 Å². The second-order valence-electron chi connectivity index (χ2n) is 3.87. The van der Waals surface area contributed by atoms with Crippen LogP contribution in [0.5, 0.6) is 0 Å². The highest BCUT2D eigenvalue weighted by Crippen LogP contribution is 2.20. The average Bonchev–Trinajstić information content (AvgIpc) is 2.27. The highest BCUT2D eigenvalue weighted by molar-refractivity contribution is 5.16. The zero-order valence-electron chi connectivity index (χ0n) is 10.6. The van der Waals surface area contributed by atoms with Gasteiger partial charge < -0.3 is 4.57 Å². The summed E-state index contributed by atoms with van der Waals surface area (Å²) in [5.74, 6) is 0. The first kappa shape index (κ1) is 5.02. The standard InChI is InChI=1S/C10H17N/c1-8-6-7-9(2)11(8)10(3,4)5/h6-7H,1-5H3/i1D3. The van der Waals surface area contributed by atoms with E-state index in [0.717, 1.165) is 5.69 Å². The normalized spacial score (nSPS) is 17.3. The molecule has 11 heavy (non-hydrogen) atoms. The smallest absolute Gasteiger partial charge is 0.0360 e. The van der Waals surface area contributed by atoms with Crippen molar-refractivity contribution in [3.63, 3.8) is 0 Å². The first-order valence-electron chi connectivity index (χ1n) is 5.33. The molecule has 0 bridgehead atoms. The van der Waals surface area contributed by atoms with E-state index in [9.17, 15) is 0 Å². The summed E-state index contributed by atoms with van der Waals surface area (Å²) in [4.78, 5) is 0. The quantitative estimate of drug-likeness (QED) is 0.541. The fourth-order valence-corrected chi connectivity index (χ4v) is 1.43. The minimum Gasteiger partial charge on any atom is -0.344 e. The van der Waals surface area contributed by atoms with Crippen LogP contribution in [0.4, 0.5) is 0 Å². The van der Waals surface area contributed by atoms with Gasteiger partial charge in [0.1, 0.15) is 0 Å². The Morgan fingerprint density at radius 3 is 2.18 bits per heavy atom.